The monoisotopic (exact) mass is 358 g/mol. The molecule has 1 aliphatic heterocycles. The predicted molar refractivity (Wildman–Crippen MR) is 108 cm³/mol. The van der Waals surface area contributed by atoms with Crippen LogP contribution >= 0.6 is 0 Å². The fourth-order valence-electron chi connectivity index (χ4n) is 3.72. The van der Waals surface area contributed by atoms with E-state index in [1.807, 2.05) is 17.0 Å². The molecule has 0 bridgehead atoms. The molecule has 1 amide bonds. The number of nitrogens with zero attached hydrogens (tertiary/aromatic N) is 2. The van der Waals surface area contributed by atoms with E-state index in [2.05, 4.69) is 36.6 Å². The minimum absolute atomic E-state index is 0.265. The molecule has 1 unspecified atom stereocenters. The van der Waals surface area contributed by atoms with Gasteiger partial charge < -0.3 is 14.5 Å². The van der Waals surface area contributed by atoms with Crippen LogP contribution in [0.25, 0.3) is 0 Å². The molecule has 0 saturated carbocycles. The lowest BCUT2D eigenvalue weighted by Crippen LogP contribution is -2.43. The smallest absolute Gasteiger partial charge is 0.222 e. The van der Waals surface area contributed by atoms with Crippen molar-refractivity contribution in [1.82, 2.24) is 9.80 Å². The van der Waals surface area contributed by atoms with E-state index in [1.54, 1.807) is 7.11 Å². The average molecular weight is 359 g/mol. The molecule has 1 fully saturated rings. The summed E-state index contributed by atoms with van der Waals surface area (Å²) in [6, 6.07) is 8.34. The van der Waals surface area contributed by atoms with Gasteiger partial charge in [-0.2, -0.15) is 0 Å². The number of ether oxygens (including phenoxy) is 1. The van der Waals surface area contributed by atoms with Crippen molar-refractivity contribution in [1.29, 1.82) is 0 Å². The zero-order valence-corrected chi connectivity index (χ0v) is 16.5. The van der Waals surface area contributed by atoms with Crippen LogP contribution in [-0.2, 0) is 11.2 Å². The molecule has 4 heteroatoms. The average Bonchev–Trinajstić information content (AvgIpc) is 2.69. The minimum Gasteiger partial charge on any atom is -0.497 e. The van der Waals surface area contributed by atoms with Crippen LogP contribution in [0.2, 0.25) is 0 Å². The molecule has 1 heterocycles. The van der Waals surface area contributed by atoms with Gasteiger partial charge in [-0.25, -0.2) is 0 Å². The van der Waals surface area contributed by atoms with Crippen molar-refractivity contribution in [3.05, 3.63) is 42.5 Å². The number of benzene rings is 1. The first-order chi connectivity index (χ1) is 12.7. The summed E-state index contributed by atoms with van der Waals surface area (Å²) >= 11 is 0. The molecular formula is C22H34N2O2. The third-order valence-corrected chi connectivity index (χ3v) is 5.23. The third kappa shape index (κ3) is 6.49. The quantitative estimate of drug-likeness (QED) is 0.597. The van der Waals surface area contributed by atoms with Crippen LogP contribution in [0.4, 0.5) is 0 Å². The van der Waals surface area contributed by atoms with Gasteiger partial charge in [0.25, 0.3) is 0 Å². The SMILES string of the molecule is C=CCCC(=O)N(CC)CC1CCCN(CCc2cccc(OC)c2)C1. The summed E-state index contributed by atoms with van der Waals surface area (Å²) in [4.78, 5) is 16.9. The highest BCUT2D eigenvalue weighted by atomic mass is 16.5. The topological polar surface area (TPSA) is 32.8 Å². The zero-order chi connectivity index (χ0) is 18.8. The van der Waals surface area contributed by atoms with E-state index >= 15 is 0 Å². The summed E-state index contributed by atoms with van der Waals surface area (Å²) in [6.45, 7) is 10.8. The number of likely N-dealkylation sites (tertiary alicyclic amines) is 1. The van der Waals surface area contributed by atoms with Crippen LogP contribution in [-0.4, -0.2) is 55.5 Å². The lowest BCUT2D eigenvalue weighted by atomic mass is 9.96. The van der Waals surface area contributed by atoms with Gasteiger partial charge in [0.15, 0.2) is 0 Å². The van der Waals surface area contributed by atoms with Crippen LogP contribution in [0.15, 0.2) is 36.9 Å². The number of piperidine rings is 1. The fourth-order valence-corrected chi connectivity index (χ4v) is 3.72. The van der Waals surface area contributed by atoms with Gasteiger partial charge in [0, 0.05) is 32.6 Å². The van der Waals surface area contributed by atoms with Crippen molar-refractivity contribution < 1.29 is 9.53 Å². The fraction of sp³-hybridized carbons (Fsp3) is 0.591. The van der Waals surface area contributed by atoms with Crippen molar-refractivity contribution in [3.63, 3.8) is 0 Å². The van der Waals surface area contributed by atoms with E-state index in [-0.39, 0.29) is 5.91 Å². The Morgan fingerprint density at radius 3 is 3.04 bits per heavy atom. The Morgan fingerprint density at radius 2 is 2.31 bits per heavy atom. The molecule has 144 valence electrons. The van der Waals surface area contributed by atoms with Gasteiger partial charge in [-0.15, -0.1) is 6.58 Å². The van der Waals surface area contributed by atoms with E-state index in [1.165, 1.54) is 18.4 Å². The molecule has 0 N–H and O–H groups in total. The number of carbonyl (C=O) groups excluding carboxylic acids is 1. The highest BCUT2D eigenvalue weighted by molar-refractivity contribution is 5.76. The van der Waals surface area contributed by atoms with Gasteiger partial charge in [-0.1, -0.05) is 18.2 Å². The van der Waals surface area contributed by atoms with Crippen molar-refractivity contribution in [2.24, 2.45) is 5.92 Å². The number of hydrogen-bond donors (Lipinski definition) is 0. The molecule has 0 aromatic heterocycles. The van der Waals surface area contributed by atoms with E-state index in [4.69, 9.17) is 4.74 Å². The molecule has 0 aliphatic carbocycles. The minimum atomic E-state index is 0.265. The maximum Gasteiger partial charge on any atom is 0.222 e. The van der Waals surface area contributed by atoms with Crippen molar-refractivity contribution in [2.75, 3.05) is 39.8 Å². The largest absolute Gasteiger partial charge is 0.497 e. The van der Waals surface area contributed by atoms with Gasteiger partial charge in [-0.05, 0) is 62.8 Å². The lowest BCUT2D eigenvalue weighted by molar-refractivity contribution is -0.131. The molecule has 0 spiro atoms. The molecule has 1 aromatic rings. The molecule has 1 aromatic carbocycles. The maximum atomic E-state index is 12.3. The first kappa shape index (κ1) is 20.5. The Hall–Kier alpha value is -1.81. The summed E-state index contributed by atoms with van der Waals surface area (Å²) in [5.74, 6) is 1.78. The Balaban J connectivity index is 1.81. The van der Waals surface area contributed by atoms with E-state index in [9.17, 15) is 4.79 Å². The van der Waals surface area contributed by atoms with Crippen LogP contribution < -0.4 is 4.74 Å². The Kier molecular flexibility index (Phi) is 8.69. The van der Waals surface area contributed by atoms with Gasteiger partial charge in [0.1, 0.15) is 5.75 Å². The van der Waals surface area contributed by atoms with E-state index in [0.717, 1.165) is 51.3 Å². The summed E-state index contributed by atoms with van der Waals surface area (Å²) < 4.78 is 5.31. The molecule has 4 nitrogen and oxygen atoms in total. The van der Waals surface area contributed by atoms with E-state index in [0.29, 0.717) is 12.3 Å². The first-order valence-electron chi connectivity index (χ1n) is 9.90. The first-order valence-corrected chi connectivity index (χ1v) is 9.90. The molecule has 1 aliphatic rings. The van der Waals surface area contributed by atoms with Crippen molar-refractivity contribution in [3.8, 4) is 5.75 Å². The van der Waals surface area contributed by atoms with Gasteiger partial charge in [0.2, 0.25) is 5.91 Å². The Morgan fingerprint density at radius 1 is 1.46 bits per heavy atom. The van der Waals surface area contributed by atoms with Crippen molar-refractivity contribution >= 4 is 5.91 Å². The van der Waals surface area contributed by atoms with Crippen LogP contribution in [0, 0.1) is 5.92 Å². The molecular weight excluding hydrogens is 324 g/mol. The normalized spacial score (nSPS) is 17.7. The van der Waals surface area contributed by atoms with Crippen LogP contribution in [0.1, 0.15) is 38.2 Å². The zero-order valence-electron chi connectivity index (χ0n) is 16.5. The standard InChI is InChI=1S/C22H34N2O2/c1-4-6-12-22(25)24(5-2)18-20-10-8-14-23(17-20)15-13-19-9-7-11-21(16-19)26-3/h4,7,9,11,16,20H,1,5-6,8,10,12-15,17-18H2,2-3H3. The van der Waals surface area contributed by atoms with Gasteiger partial charge >= 0.3 is 0 Å². The number of allylic oxidation sites excluding steroid dienone is 1. The highest BCUT2D eigenvalue weighted by Gasteiger charge is 2.23. The highest BCUT2D eigenvalue weighted by Crippen LogP contribution is 2.19. The molecule has 0 radical (unpaired) electrons. The van der Waals surface area contributed by atoms with Crippen molar-refractivity contribution in [2.45, 2.75) is 39.0 Å². The van der Waals surface area contributed by atoms with Crippen LogP contribution in [0.3, 0.4) is 0 Å². The number of amides is 1. The second kappa shape index (κ2) is 11.0. The van der Waals surface area contributed by atoms with Gasteiger partial charge in [0.05, 0.1) is 7.11 Å². The predicted octanol–water partition coefficient (Wildman–Crippen LogP) is 3.76. The number of methoxy groups -OCH3 is 1. The molecule has 1 atom stereocenters. The summed E-state index contributed by atoms with van der Waals surface area (Å²) in [7, 11) is 1.71. The Labute approximate surface area is 158 Å². The molecule has 1 saturated heterocycles. The number of hydrogen-bond acceptors (Lipinski definition) is 3. The summed E-state index contributed by atoms with van der Waals surface area (Å²) in [5.41, 5.74) is 1.32. The third-order valence-electron chi connectivity index (χ3n) is 5.23. The summed E-state index contributed by atoms with van der Waals surface area (Å²) in [6.07, 6.45) is 6.67. The Bertz CT molecular complexity index is 573. The summed E-state index contributed by atoms with van der Waals surface area (Å²) in [5, 5.41) is 0. The van der Waals surface area contributed by atoms with Crippen LogP contribution in [0.5, 0.6) is 5.75 Å². The second-order valence-electron chi connectivity index (χ2n) is 7.17. The number of rotatable bonds is 10. The van der Waals surface area contributed by atoms with Gasteiger partial charge in [-0.3, -0.25) is 4.79 Å². The second-order valence-corrected chi connectivity index (χ2v) is 7.17. The number of carbonyl (C=O) groups is 1. The molecule has 2 rings (SSSR count). The lowest BCUT2D eigenvalue weighted by Gasteiger charge is -2.35. The van der Waals surface area contributed by atoms with E-state index < -0.39 is 0 Å². The maximum absolute atomic E-state index is 12.3. The molecule has 26 heavy (non-hydrogen) atoms.